The summed E-state index contributed by atoms with van der Waals surface area (Å²) in [6, 6.07) is 1.82. The van der Waals surface area contributed by atoms with Crippen LogP contribution >= 0.6 is 0 Å². The molecule has 5 nitrogen and oxygen atoms in total. The average molecular weight is 439 g/mol. The van der Waals surface area contributed by atoms with Gasteiger partial charge in [0.05, 0.1) is 6.10 Å². The van der Waals surface area contributed by atoms with Crippen LogP contribution in [0.1, 0.15) is 54.4 Å². The monoisotopic (exact) mass is 438 g/mol. The van der Waals surface area contributed by atoms with Crippen molar-refractivity contribution in [2.75, 3.05) is 6.61 Å². The number of rotatable bonds is 7. The number of aromatic nitrogens is 2. The van der Waals surface area contributed by atoms with Gasteiger partial charge in [-0.25, -0.2) is 9.97 Å². The van der Waals surface area contributed by atoms with Crippen molar-refractivity contribution in [1.29, 1.82) is 0 Å². The second kappa shape index (κ2) is 8.77. The van der Waals surface area contributed by atoms with E-state index in [1.165, 1.54) is 6.33 Å². The highest BCUT2D eigenvalue weighted by molar-refractivity contribution is 6.74. The van der Waals surface area contributed by atoms with Crippen molar-refractivity contribution in [3.05, 3.63) is 18.6 Å². The van der Waals surface area contributed by atoms with Gasteiger partial charge in [0.2, 0.25) is 5.88 Å². The zero-order chi connectivity index (χ0) is 22.1. The molecule has 0 spiro atoms. The molecule has 1 saturated carbocycles. The van der Waals surface area contributed by atoms with E-state index in [0.29, 0.717) is 11.8 Å². The van der Waals surface area contributed by atoms with Crippen molar-refractivity contribution in [2.24, 2.45) is 5.92 Å². The maximum absolute atomic E-state index is 6.86. The summed E-state index contributed by atoms with van der Waals surface area (Å²) in [5.74, 6) is 0.993. The lowest BCUT2D eigenvalue weighted by atomic mass is 10.1. The molecular weight excluding hydrogens is 396 g/mol. The van der Waals surface area contributed by atoms with Crippen molar-refractivity contribution < 1.29 is 13.6 Å². The van der Waals surface area contributed by atoms with Crippen LogP contribution in [0.2, 0.25) is 36.3 Å². The van der Waals surface area contributed by atoms with E-state index in [-0.39, 0.29) is 22.3 Å². The van der Waals surface area contributed by atoms with Crippen LogP contribution in [0.15, 0.2) is 18.6 Å². The summed E-state index contributed by atoms with van der Waals surface area (Å²) >= 11 is 0. The van der Waals surface area contributed by atoms with Gasteiger partial charge >= 0.3 is 0 Å². The Labute approximate surface area is 180 Å². The molecule has 166 valence electrons. The molecule has 0 N–H and O–H groups in total. The lowest BCUT2D eigenvalue weighted by Gasteiger charge is -2.41. The van der Waals surface area contributed by atoms with E-state index in [0.717, 1.165) is 19.4 Å². The van der Waals surface area contributed by atoms with Crippen molar-refractivity contribution in [1.82, 2.24) is 9.97 Å². The summed E-state index contributed by atoms with van der Waals surface area (Å²) in [5.41, 5.74) is 0. The maximum Gasteiger partial charge on any atom is 0.216 e. The van der Waals surface area contributed by atoms with Crippen LogP contribution in [0, 0.1) is 5.92 Å². The molecule has 1 fully saturated rings. The normalized spacial score (nSPS) is 24.0. The highest BCUT2D eigenvalue weighted by Crippen LogP contribution is 2.43. The van der Waals surface area contributed by atoms with E-state index < -0.39 is 16.6 Å². The Balaban J connectivity index is 2.13. The average Bonchev–Trinajstić information content (AvgIpc) is 2.92. The second-order valence-electron chi connectivity index (χ2n) is 11.5. The van der Waals surface area contributed by atoms with E-state index in [1.54, 1.807) is 6.20 Å². The molecule has 1 heterocycles. The Hall–Kier alpha value is -0.766. The van der Waals surface area contributed by atoms with Crippen LogP contribution in [0.25, 0.3) is 0 Å². The van der Waals surface area contributed by atoms with Gasteiger partial charge in [-0.05, 0) is 42.7 Å². The first-order chi connectivity index (χ1) is 13.1. The molecule has 7 heteroatoms. The third kappa shape index (κ3) is 6.36. The van der Waals surface area contributed by atoms with E-state index in [1.807, 2.05) is 6.07 Å². The van der Waals surface area contributed by atoms with Crippen LogP contribution < -0.4 is 4.74 Å². The fraction of sp³-hybridized carbons (Fsp3) is 0.818. The van der Waals surface area contributed by atoms with Gasteiger partial charge in [0.1, 0.15) is 12.4 Å². The Kier molecular flexibility index (Phi) is 7.41. The Morgan fingerprint density at radius 2 is 1.59 bits per heavy atom. The van der Waals surface area contributed by atoms with Gasteiger partial charge in [-0.2, -0.15) is 0 Å². The van der Waals surface area contributed by atoms with Gasteiger partial charge in [0.25, 0.3) is 0 Å². The summed E-state index contributed by atoms with van der Waals surface area (Å²) in [6.45, 7) is 23.8. The summed E-state index contributed by atoms with van der Waals surface area (Å²) in [6.07, 6.45) is 5.37. The van der Waals surface area contributed by atoms with Crippen molar-refractivity contribution in [3.8, 4) is 5.88 Å². The summed E-state index contributed by atoms with van der Waals surface area (Å²) in [4.78, 5) is 8.21. The number of ether oxygens (including phenoxy) is 1. The first-order valence-electron chi connectivity index (χ1n) is 10.9. The number of hydrogen-bond acceptors (Lipinski definition) is 5. The zero-order valence-corrected chi connectivity index (χ0v) is 22.2. The van der Waals surface area contributed by atoms with E-state index in [9.17, 15) is 0 Å². The van der Waals surface area contributed by atoms with E-state index >= 15 is 0 Å². The fourth-order valence-corrected chi connectivity index (χ4v) is 5.52. The summed E-state index contributed by atoms with van der Waals surface area (Å²) in [5, 5.41) is 0.391. The predicted molar refractivity (Wildman–Crippen MR) is 124 cm³/mol. The molecule has 0 radical (unpaired) electrons. The van der Waals surface area contributed by atoms with Gasteiger partial charge in [-0.1, -0.05) is 41.5 Å². The SMILES string of the molecule is CC(C)(C)[Si](C)(C)OC[C@@H]1C[C@@H](Oc2ccncn2)C[C@@H]1O[Si](C)(C)C(C)(C)C. The van der Waals surface area contributed by atoms with Crippen LogP contribution in [-0.2, 0) is 8.85 Å². The third-order valence-corrected chi connectivity index (χ3v) is 16.2. The highest BCUT2D eigenvalue weighted by Gasteiger charge is 2.46. The van der Waals surface area contributed by atoms with Crippen molar-refractivity contribution in [2.45, 2.75) is 103 Å². The minimum Gasteiger partial charge on any atom is -0.474 e. The molecule has 29 heavy (non-hydrogen) atoms. The van der Waals surface area contributed by atoms with E-state index in [4.69, 9.17) is 13.6 Å². The quantitative estimate of drug-likeness (QED) is 0.485. The van der Waals surface area contributed by atoms with Crippen molar-refractivity contribution >= 4 is 16.6 Å². The topological polar surface area (TPSA) is 53.5 Å². The van der Waals surface area contributed by atoms with Gasteiger partial charge in [-0.3, -0.25) is 0 Å². The standard InChI is InChI=1S/C22H42N2O3Si2/c1-21(2,3)28(7,8)25-15-17-13-18(26-20-11-12-23-16-24-20)14-19(17)27-29(9,10)22(4,5)6/h11-12,16-19H,13-15H2,1-10H3/t17-,18+,19-/m0/s1. The molecule has 0 aromatic carbocycles. The minimum atomic E-state index is -1.87. The first kappa shape index (κ1) is 24.5. The highest BCUT2D eigenvalue weighted by atomic mass is 28.4. The first-order valence-corrected chi connectivity index (χ1v) is 16.7. The molecule has 2 rings (SSSR count). The Morgan fingerprint density at radius 3 is 2.10 bits per heavy atom. The summed E-state index contributed by atoms with van der Waals surface area (Å²) < 4.78 is 19.6. The van der Waals surface area contributed by atoms with Crippen LogP contribution in [-0.4, -0.2) is 45.4 Å². The van der Waals surface area contributed by atoms with Crippen LogP contribution in [0.3, 0.4) is 0 Å². The van der Waals surface area contributed by atoms with Gasteiger partial charge in [-0.15, -0.1) is 0 Å². The lowest BCUT2D eigenvalue weighted by Crippen LogP contribution is -2.46. The number of nitrogens with zero attached hydrogens (tertiary/aromatic N) is 2. The second-order valence-corrected chi connectivity index (χ2v) is 21.1. The Bertz CT molecular complexity index is 654. The molecule has 0 saturated heterocycles. The molecule has 1 aliphatic carbocycles. The third-order valence-electron chi connectivity index (χ3n) is 7.15. The fourth-order valence-electron chi connectivity index (χ4n) is 3.06. The molecular formula is C22H42N2O3Si2. The van der Waals surface area contributed by atoms with Gasteiger partial charge in [0.15, 0.2) is 16.6 Å². The molecule has 0 aliphatic heterocycles. The molecule has 0 amide bonds. The summed E-state index contributed by atoms with van der Waals surface area (Å²) in [7, 11) is -3.67. The molecule has 0 bridgehead atoms. The largest absolute Gasteiger partial charge is 0.474 e. The molecule has 1 aromatic heterocycles. The molecule has 0 unspecified atom stereocenters. The lowest BCUT2D eigenvalue weighted by molar-refractivity contribution is 0.0999. The Morgan fingerprint density at radius 1 is 0.966 bits per heavy atom. The van der Waals surface area contributed by atoms with Gasteiger partial charge in [0, 0.05) is 31.2 Å². The van der Waals surface area contributed by atoms with Crippen LogP contribution in [0.4, 0.5) is 0 Å². The molecule has 3 atom stereocenters. The molecule has 1 aliphatic rings. The zero-order valence-electron chi connectivity index (χ0n) is 20.2. The van der Waals surface area contributed by atoms with Crippen molar-refractivity contribution in [3.63, 3.8) is 0 Å². The van der Waals surface area contributed by atoms with E-state index in [2.05, 4.69) is 77.7 Å². The number of hydrogen-bond donors (Lipinski definition) is 0. The molecule has 1 aromatic rings. The predicted octanol–water partition coefficient (Wildman–Crippen LogP) is 6.05. The smallest absolute Gasteiger partial charge is 0.216 e. The van der Waals surface area contributed by atoms with Gasteiger partial charge < -0.3 is 13.6 Å². The maximum atomic E-state index is 6.86. The van der Waals surface area contributed by atoms with Crippen LogP contribution in [0.5, 0.6) is 5.88 Å². The minimum absolute atomic E-state index is 0.104.